The standard InChI is InChI=1S/3C12H13N2O2.Ir/c1-14-7-11(13-8-14)10-5-4-9(15-2)6-12(10)16-3;1-14-6-12(13-8-14)11-4-3-10(16-2)5-9(11)7-15;1-14-5-12(13-8-14)11-3-2-9(6-15)4-10(11)7-16;/h4,6-8H,1-3H3;3,5-6,8,15H,7H2,1-2H3;2,4-5,8,15-16H,6-7H2,1H3;/q3*-1;+3. The summed E-state index contributed by atoms with van der Waals surface area (Å²) in [5, 5.41) is 27.6. The van der Waals surface area contributed by atoms with E-state index in [1.54, 1.807) is 70.6 Å². The number of hydrogen-bond acceptors (Lipinski definition) is 9. The summed E-state index contributed by atoms with van der Waals surface area (Å²) < 4.78 is 21.1. The van der Waals surface area contributed by atoms with Crippen LogP contribution >= 0.6 is 0 Å². The Balaban J connectivity index is 0.000000197. The van der Waals surface area contributed by atoms with Gasteiger partial charge >= 0.3 is 20.1 Å². The Morgan fingerprint density at radius 2 is 1.00 bits per heavy atom. The first-order valence-corrected chi connectivity index (χ1v) is 14.8. The summed E-state index contributed by atoms with van der Waals surface area (Å²) in [4.78, 5) is 12.7. The Kier molecular flexibility index (Phi) is 14.7. The molecule has 3 aromatic heterocycles. The molecule has 49 heavy (non-hydrogen) atoms. The molecule has 0 bridgehead atoms. The van der Waals surface area contributed by atoms with Crippen molar-refractivity contribution in [3.8, 4) is 51.0 Å². The van der Waals surface area contributed by atoms with Crippen LogP contribution in [-0.2, 0) is 61.1 Å². The number of aromatic nitrogens is 6. The summed E-state index contributed by atoms with van der Waals surface area (Å²) in [7, 11) is 10.5. The van der Waals surface area contributed by atoms with E-state index in [9.17, 15) is 10.2 Å². The largest absolute Gasteiger partial charge is 3.00 e. The van der Waals surface area contributed by atoms with E-state index in [1.165, 1.54) is 0 Å². The van der Waals surface area contributed by atoms with Gasteiger partial charge in [0.1, 0.15) is 0 Å². The molecule has 0 aliphatic carbocycles. The maximum Gasteiger partial charge on any atom is 3.00 e. The maximum atomic E-state index is 9.30. The molecule has 0 aliphatic rings. The van der Waals surface area contributed by atoms with Crippen LogP contribution in [0.1, 0.15) is 16.7 Å². The molecule has 3 heterocycles. The van der Waals surface area contributed by atoms with Crippen molar-refractivity contribution in [3.05, 3.63) is 109 Å². The molecule has 13 heteroatoms. The minimum absolute atomic E-state index is 0. The predicted octanol–water partition coefficient (Wildman–Crippen LogP) is 4.16. The third-order valence-electron chi connectivity index (χ3n) is 7.06. The van der Waals surface area contributed by atoms with E-state index < -0.39 is 0 Å². The first-order valence-electron chi connectivity index (χ1n) is 14.8. The molecular formula is C36H39IrN6O6. The average molecular weight is 844 g/mol. The van der Waals surface area contributed by atoms with Gasteiger partial charge in [-0.05, 0) is 18.6 Å². The van der Waals surface area contributed by atoms with Gasteiger partial charge in [-0.25, -0.2) is 0 Å². The number of aryl methyl sites for hydroxylation is 3. The van der Waals surface area contributed by atoms with E-state index in [0.29, 0.717) is 11.5 Å². The van der Waals surface area contributed by atoms with Crippen molar-refractivity contribution in [2.75, 3.05) is 21.3 Å². The third-order valence-corrected chi connectivity index (χ3v) is 7.06. The van der Waals surface area contributed by atoms with Gasteiger partial charge in [-0.3, -0.25) is 15.0 Å². The smallest absolute Gasteiger partial charge is 0.540 e. The van der Waals surface area contributed by atoms with Gasteiger partial charge in [0.25, 0.3) is 0 Å². The number of aliphatic hydroxyl groups excluding tert-OH is 3. The minimum atomic E-state index is -0.0871. The molecule has 0 amide bonds. The normalized spacial score (nSPS) is 10.2. The van der Waals surface area contributed by atoms with Crippen LogP contribution in [-0.4, -0.2) is 65.3 Å². The van der Waals surface area contributed by atoms with Crippen LogP contribution in [0.4, 0.5) is 0 Å². The molecule has 6 rings (SSSR count). The average Bonchev–Trinajstić information content (AvgIpc) is 3.88. The summed E-state index contributed by atoms with van der Waals surface area (Å²) >= 11 is 0. The fraction of sp³-hybridized carbons (Fsp3) is 0.250. The topological polar surface area (TPSA) is 142 Å². The van der Waals surface area contributed by atoms with Crippen LogP contribution in [0.25, 0.3) is 33.8 Å². The Morgan fingerprint density at radius 3 is 1.41 bits per heavy atom. The summed E-state index contributed by atoms with van der Waals surface area (Å²) in [6.45, 7) is -0.193. The number of aliphatic hydroxyl groups is 3. The Hall–Kier alpha value is -4.78. The molecule has 258 valence electrons. The molecule has 0 fully saturated rings. The van der Waals surface area contributed by atoms with Crippen molar-refractivity contribution in [2.24, 2.45) is 21.1 Å². The van der Waals surface area contributed by atoms with Gasteiger partial charge < -0.3 is 43.2 Å². The van der Waals surface area contributed by atoms with E-state index in [0.717, 1.165) is 56.2 Å². The predicted molar refractivity (Wildman–Crippen MR) is 180 cm³/mol. The molecule has 0 spiro atoms. The van der Waals surface area contributed by atoms with Gasteiger partial charge in [-0.15, -0.1) is 64.7 Å². The van der Waals surface area contributed by atoms with Crippen molar-refractivity contribution in [3.63, 3.8) is 0 Å². The fourth-order valence-corrected chi connectivity index (χ4v) is 4.61. The van der Waals surface area contributed by atoms with Gasteiger partial charge in [0.05, 0.1) is 40.3 Å². The minimum Gasteiger partial charge on any atom is -0.540 e. The first kappa shape index (κ1) is 38.7. The SMILES string of the molecule is COc1c[c-]c(-c2cn(C)cn2)c(CO)c1.COc1c[c-]c(-c2cn(C)cn2)c(OC)c1.Cn1cnc(-c2[c-]cc(CO)cc2CO)c1.[Ir+3]. The van der Waals surface area contributed by atoms with E-state index in [2.05, 4.69) is 33.2 Å². The summed E-state index contributed by atoms with van der Waals surface area (Å²) in [5.41, 5.74) is 7.06. The van der Waals surface area contributed by atoms with Crippen LogP contribution in [0.2, 0.25) is 0 Å². The van der Waals surface area contributed by atoms with Crippen molar-refractivity contribution >= 4 is 0 Å². The number of hydrogen-bond donors (Lipinski definition) is 3. The van der Waals surface area contributed by atoms with Crippen LogP contribution < -0.4 is 14.2 Å². The van der Waals surface area contributed by atoms with Gasteiger partial charge in [-0.1, -0.05) is 23.3 Å². The van der Waals surface area contributed by atoms with Gasteiger partial charge in [0, 0.05) is 75.3 Å². The summed E-state index contributed by atoms with van der Waals surface area (Å²) in [5.74, 6) is 2.11. The van der Waals surface area contributed by atoms with Crippen molar-refractivity contribution < 1.29 is 49.6 Å². The van der Waals surface area contributed by atoms with Crippen molar-refractivity contribution in [1.29, 1.82) is 0 Å². The van der Waals surface area contributed by atoms with Crippen molar-refractivity contribution in [2.45, 2.75) is 19.8 Å². The molecule has 0 aliphatic heterocycles. The Bertz CT molecular complexity index is 1700. The molecule has 3 aromatic carbocycles. The van der Waals surface area contributed by atoms with Crippen LogP contribution in [0.3, 0.4) is 0 Å². The first-order chi connectivity index (χ1) is 23.2. The molecule has 3 N–H and O–H groups in total. The molecule has 0 radical (unpaired) electrons. The molecule has 0 saturated heterocycles. The third kappa shape index (κ3) is 10.1. The molecule has 0 unspecified atom stereocenters. The van der Waals surface area contributed by atoms with E-state index in [-0.39, 0.29) is 39.9 Å². The molecule has 12 nitrogen and oxygen atoms in total. The number of imidazole rings is 3. The van der Waals surface area contributed by atoms with Crippen LogP contribution in [0.5, 0.6) is 17.2 Å². The number of ether oxygens (including phenoxy) is 3. The second-order valence-electron chi connectivity index (χ2n) is 10.6. The number of benzene rings is 3. The van der Waals surface area contributed by atoms with E-state index >= 15 is 0 Å². The molecule has 6 aromatic rings. The zero-order valence-electron chi connectivity index (χ0n) is 28.1. The molecular weight excluding hydrogens is 805 g/mol. The zero-order valence-corrected chi connectivity index (χ0v) is 30.5. The summed E-state index contributed by atoms with van der Waals surface area (Å²) in [6.07, 6.45) is 10.8. The monoisotopic (exact) mass is 844 g/mol. The quantitative estimate of drug-likeness (QED) is 0.183. The summed E-state index contributed by atoms with van der Waals surface area (Å²) in [6, 6.07) is 19.8. The van der Waals surface area contributed by atoms with Gasteiger partial charge in [0.2, 0.25) is 0 Å². The number of methoxy groups -OCH3 is 3. The molecule has 0 atom stereocenters. The van der Waals surface area contributed by atoms with E-state index in [1.807, 2.05) is 59.5 Å². The van der Waals surface area contributed by atoms with Crippen LogP contribution in [0.15, 0.2) is 74.0 Å². The van der Waals surface area contributed by atoms with E-state index in [4.69, 9.17) is 19.3 Å². The Morgan fingerprint density at radius 1 is 0.571 bits per heavy atom. The maximum absolute atomic E-state index is 9.30. The number of nitrogens with zero attached hydrogens (tertiary/aromatic N) is 6. The zero-order chi connectivity index (χ0) is 34.6. The second kappa shape index (κ2) is 18.7. The number of rotatable bonds is 9. The van der Waals surface area contributed by atoms with Gasteiger partial charge in [-0.2, -0.15) is 0 Å². The van der Waals surface area contributed by atoms with Crippen LogP contribution in [0, 0.1) is 18.2 Å². The fourth-order valence-electron chi connectivity index (χ4n) is 4.61. The van der Waals surface area contributed by atoms with Crippen molar-refractivity contribution in [1.82, 2.24) is 28.7 Å². The van der Waals surface area contributed by atoms with Gasteiger partial charge in [0.15, 0.2) is 0 Å². The molecule has 0 saturated carbocycles. The second-order valence-corrected chi connectivity index (χ2v) is 10.6. The Labute approximate surface area is 299 Å².